The summed E-state index contributed by atoms with van der Waals surface area (Å²) in [6.07, 6.45) is 3.64. The number of hydrogen-bond acceptors (Lipinski definition) is 9. The monoisotopic (exact) mass is 512 g/mol. The van der Waals surface area contributed by atoms with Crippen LogP contribution in [0.2, 0.25) is 0 Å². The fourth-order valence-corrected chi connectivity index (χ4v) is 6.68. The van der Waals surface area contributed by atoms with E-state index in [0.29, 0.717) is 13.2 Å². The van der Waals surface area contributed by atoms with E-state index in [1.165, 1.54) is 10.4 Å². The number of ether oxygens (including phenoxy) is 1. The molecule has 0 radical (unpaired) electrons. The van der Waals surface area contributed by atoms with Crippen molar-refractivity contribution in [3.8, 4) is 5.75 Å². The molecule has 188 valence electrons. The molecule has 0 saturated heterocycles. The Morgan fingerprint density at radius 1 is 1.23 bits per heavy atom. The summed E-state index contributed by atoms with van der Waals surface area (Å²) in [5.41, 5.74) is 11.5. The van der Waals surface area contributed by atoms with E-state index >= 15 is 0 Å². The molecule has 0 saturated carbocycles. The molecule has 4 N–H and O–H groups in total. The van der Waals surface area contributed by atoms with Gasteiger partial charge >= 0.3 is 0 Å². The summed E-state index contributed by atoms with van der Waals surface area (Å²) in [5.74, 6) is 7.18. The molecule has 3 aromatic rings. The Labute approximate surface area is 217 Å². The maximum absolute atomic E-state index is 6.57. The van der Waals surface area contributed by atoms with Crippen LogP contribution in [0.25, 0.3) is 0 Å². The highest BCUT2D eigenvalue weighted by Gasteiger charge is 2.33. The highest BCUT2D eigenvalue weighted by atomic mass is 32.2. The molecule has 3 heterocycles. The summed E-state index contributed by atoms with van der Waals surface area (Å²) >= 11 is 3.48. The van der Waals surface area contributed by atoms with Gasteiger partial charge in [0.05, 0.1) is 28.5 Å². The van der Waals surface area contributed by atoms with Gasteiger partial charge in [0.1, 0.15) is 17.4 Å². The van der Waals surface area contributed by atoms with E-state index in [-0.39, 0.29) is 11.3 Å². The molecule has 0 aliphatic carbocycles. The Kier molecular flexibility index (Phi) is 7.61. The average molecular weight is 513 g/mol. The fourth-order valence-electron chi connectivity index (χ4n) is 4.43. The van der Waals surface area contributed by atoms with Gasteiger partial charge in [0, 0.05) is 36.3 Å². The molecule has 1 atom stereocenters. The van der Waals surface area contributed by atoms with E-state index in [1.54, 1.807) is 34.5 Å². The van der Waals surface area contributed by atoms with Crippen molar-refractivity contribution in [1.29, 1.82) is 0 Å². The molecule has 0 fully saturated rings. The predicted octanol–water partition coefficient (Wildman–Crippen LogP) is 5.52. The number of hydrogen-bond donors (Lipinski definition) is 2. The lowest BCUT2D eigenvalue weighted by Gasteiger charge is -2.32. The SMILES string of the molecule is CCN(N)c1ccc(C(c2nc(CN3CCOc4ccncc4S3)c(C)s2)C(C)(C)C)c(C)c1N. The zero-order valence-corrected chi connectivity index (χ0v) is 23.1. The summed E-state index contributed by atoms with van der Waals surface area (Å²) in [7, 11) is 0. The van der Waals surface area contributed by atoms with Crippen LogP contribution in [0.15, 0.2) is 35.5 Å². The van der Waals surface area contributed by atoms with Crippen molar-refractivity contribution in [3.05, 3.63) is 57.3 Å². The number of benzene rings is 1. The molecular formula is C26H36N6OS2. The molecule has 4 rings (SSSR count). The van der Waals surface area contributed by atoms with Gasteiger partial charge in [0.2, 0.25) is 0 Å². The molecule has 7 nitrogen and oxygen atoms in total. The van der Waals surface area contributed by atoms with Crippen LogP contribution in [0.1, 0.15) is 60.3 Å². The number of aryl methyl sites for hydroxylation is 1. The van der Waals surface area contributed by atoms with E-state index in [4.69, 9.17) is 21.3 Å². The number of fused-ring (bicyclic) bond motifs is 1. The molecule has 9 heteroatoms. The van der Waals surface area contributed by atoms with Crippen molar-refractivity contribution in [3.63, 3.8) is 0 Å². The summed E-state index contributed by atoms with van der Waals surface area (Å²) < 4.78 is 8.22. The van der Waals surface area contributed by atoms with Crippen LogP contribution < -0.4 is 21.3 Å². The summed E-state index contributed by atoms with van der Waals surface area (Å²) in [6, 6.07) is 6.14. The number of anilines is 2. The number of nitrogen functional groups attached to an aromatic ring is 1. The third kappa shape index (κ3) is 5.43. The van der Waals surface area contributed by atoms with E-state index in [1.807, 2.05) is 25.3 Å². The zero-order valence-electron chi connectivity index (χ0n) is 21.5. The summed E-state index contributed by atoms with van der Waals surface area (Å²) in [5, 5.41) is 2.82. The molecule has 35 heavy (non-hydrogen) atoms. The van der Waals surface area contributed by atoms with E-state index < -0.39 is 0 Å². The lowest BCUT2D eigenvalue weighted by atomic mass is 9.75. The minimum absolute atomic E-state index is 0.0385. The largest absolute Gasteiger partial charge is 0.491 e. The topological polar surface area (TPSA) is 93.5 Å². The quantitative estimate of drug-likeness (QED) is 0.193. The molecular weight excluding hydrogens is 476 g/mol. The molecule has 1 aromatic carbocycles. The summed E-state index contributed by atoms with van der Waals surface area (Å²) in [6.45, 7) is 16.0. The van der Waals surface area contributed by atoms with Crippen LogP contribution in [0.4, 0.5) is 11.4 Å². The van der Waals surface area contributed by atoms with Crippen LogP contribution in [0.5, 0.6) is 5.75 Å². The number of aromatic nitrogens is 2. The number of nitrogens with two attached hydrogens (primary N) is 2. The number of thiazole rings is 1. The van der Waals surface area contributed by atoms with Gasteiger partial charge in [-0.25, -0.2) is 15.1 Å². The normalized spacial score (nSPS) is 15.3. The van der Waals surface area contributed by atoms with Gasteiger partial charge in [-0.2, -0.15) is 0 Å². The maximum Gasteiger partial charge on any atom is 0.137 e. The summed E-state index contributed by atoms with van der Waals surface area (Å²) in [4.78, 5) is 11.8. The van der Waals surface area contributed by atoms with Crippen molar-refractivity contribution in [1.82, 2.24) is 14.3 Å². The first kappa shape index (κ1) is 25.8. The third-order valence-electron chi connectivity index (χ3n) is 6.42. The second kappa shape index (κ2) is 10.3. The van der Waals surface area contributed by atoms with E-state index in [0.717, 1.165) is 51.4 Å². The second-order valence-corrected chi connectivity index (χ2v) is 12.4. The van der Waals surface area contributed by atoms with Crippen molar-refractivity contribution in [2.45, 2.75) is 58.9 Å². The van der Waals surface area contributed by atoms with Crippen LogP contribution in [0, 0.1) is 19.3 Å². The Bertz CT molecular complexity index is 1190. The first-order chi connectivity index (χ1) is 16.6. The third-order valence-corrected chi connectivity index (χ3v) is 8.57. The van der Waals surface area contributed by atoms with Crippen molar-refractivity contribution in [2.24, 2.45) is 11.3 Å². The number of nitrogens with zero attached hydrogens (tertiary/aromatic N) is 4. The average Bonchev–Trinajstić information content (AvgIpc) is 3.02. The Morgan fingerprint density at radius 3 is 2.71 bits per heavy atom. The maximum atomic E-state index is 6.57. The molecule has 0 amide bonds. The number of rotatable bonds is 6. The van der Waals surface area contributed by atoms with Crippen LogP contribution in [-0.2, 0) is 6.54 Å². The molecule has 2 aromatic heterocycles. The molecule has 0 spiro atoms. The lowest BCUT2D eigenvalue weighted by Crippen LogP contribution is -2.31. The molecule has 0 bridgehead atoms. The zero-order chi connectivity index (χ0) is 25.3. The highest BCUT2D eigenvalue weighted by molar-refractivity contribution is 7.97. The Hall–Kier alpha value is -2.33. The molecule has 1 unspecified atom stereocenters. The highest BCUT2D eigenvalue weighted by Crippen LogP contribution is 2.46. The van der Waals surface area contributed by atoms with Crippen LogP contribution in [-0.4, -0.2) is 34.0 Å². The predicted molar refractivity (Wildman–Crippen MR) is 147 cm³/mol. The molecule has 1 aliphatic heterocycles. The Balaban J connectivity index is 1.65. The van der Waals surface area contributed by atoms with Crippen LogP contribution >= 0.6 is 23.3 Å². The first-order valence-corrected chi connectivity index (χ1v) is 13.6. The van der Waals surface area contributed by atoms with Crippen molar-refractivity contribution < 1.29 is 4.74 Å². The first-order valence-electron chi connectivity index (χ1n) is 12.0. The van der Waals surface area contributed by atoms with Gasteiger partial charge in [0.15, 0.2) is 0 Å². The van der Waals surface area contributed by atoms with Gasteiger partial charge in [-0.3, -0.25) is 4.98 Å². The van der Waals surface area contributed by atoms with Crippen molar-refractivity contribution >= 4 is 34.7 Å². The minimum atomic E-state index is -0.0385. The minimum Gasteiger partial charge on any atom is -0.491 e. The Morgan fingerprint density at radius 2 is 2.00 bits per heavy atom. The van der Waals surface area contributed by atoms with Gasteiger partial charge < -0.3 is 15.5 Å². The van der Waals surface area contributed by atoms with Gasteiger partial charge in [-0.1, -0.05) is 26.8 Å². The second-order valence-electron chi connectivity index (χ2n) is 9.98. The van der Waals surface area contributed by atoms with Gasteiger partial charge in [-0.15, -0.1) is 11.3 Å². The van der Waals surface area contributed by atoms with Crippen molar-refractivity contribution in [2.75, 3.05) is 30.4 Å². The molecule has 1 aliphatic rings. The van der Waals surface area contributed by atoms with Gasteiger partial charge in [0.25, 0.3) is 0 Å². The fraction of sp³-hybridized carbons (Fsp3) is 0.462. The van der Waals surface area contributed by atoms with E-state index in [9.17, 15) is 0 Å². The van der Waals surface area contributed by atoms with Gasteiger partial charge in [-0.05, 0) is 61.4 Å². The van der Waals surface area contributed by atoms with Crippen LogP contribution in [0.3, 0.4) is 0 Å². The number of hydrazine groups is 1. The smallest absolute Gasteiger partial charge is 0.137 e. The lowest BCUT2D eigenvalue weighted by molar-refractivity contribution is 0.282. The standard InChI is InChI=1S/C26H36N6OS2/c1-7-32(28)20-9-8-18(16(2)24(20)27)23(26(4,5)6)25-30-19(17(3)34-25)15-31-12-13-33-21-10-11-29-14-22(21)35-31/h8-11,14,23H,7,12-13,15,27-28H2,1-6H3. The van der Waals surface area contributed by atoms with E-state index in [2.05, 4.69) is 50.0 Å². The number of pyridine rings is 1.